The normalized spacial score (nSPS) is 10.3. The second-order valence-corrected chi connectivity index (χ2v) is 4.93. The molecule has 104 valence electrons. The molecule has 1 heterocycles. The molecule has 0 radical (unpaired) electrons. The molecule has 1 aromatic carbocycles. The molecule has 0 aliphatic rings. The van der Waals surface area contributed by atoms with Gasteiger partial charge in [-0.1, -0.05) is 37.1 Å². The highest BCUT2D eigenvalue weighted by molar-refractivity contribution is 6.33. The van der Waals surface area contributed by atoms with E-state index in [0.717, 1.165) is 24.1 Å². The molecule has 1 amide bonds. The minimum atomic E-state index is -0.0443. The third-order valence-electron chi connectivity index (χ3n) is 2.99. The van der Waals surface area contributed by atoms with Gasteiger partial charge in [0.05, 0.1) is 10.7 Å². The second-order valence-electron chi connectivity index (χ2n) is 4.52. The highest BCUT2D eigenvalue weighted by Gasteiger charge is 2.07. The van der Waals surface area contributed by atoms with Crippen LogP contribution >= 0.6 is 11.6 Å². The van der Waals surface area contributed by atoms with Gasteiger partial charge >= 0.3 is 0 Å². The lowest BCUT2D eigenvalue weighted by Gasteiger charge is -2.06. The first-order chi connectivity index (χ1) is 9.72. The SMILES string of the molecule is CCCCNC(=O)c1ccc(-c2ncccc2Cl)cc1. The predicted molar refractivity (Wildman–Crippen MR) is 81.9 cm³/mol. The maximum absolute atomic E-state index is 11.9. The van der Waals surface area contributed by atoms with Crippen LogP contribution in [0.3, 0.4) is 0 Å². The van der Waals surface area contributed by atoms with E-state index in [-0.39, 0.29) is 5.91 Å². The zero-order valence-corrected chi connectivity index (χ0v) is 12.2. The molecule has 20 heavy (non-hydrogen) atoms. The van der Waals surface area contributed by atoms with E-state index in [0.29, 0.717) is 17.1 Å². The van der Waals surface area contributed by atoms with Gasteiger partial charge in [-0.25, -0.2) is 0 Å². The average Bonchev–Trinajstić information content (AvgIpc) is 2.48. The number of carbonyl (C=O) groups is 1. The molecule has 3 nitrogen and oxygen atoms in total. The molecule has 0 unspecified atom stereocenters. The summed E-state index contributed by atoms with van der Waals surface area (Å²) in [7, 11) is 0. The van der Waals surface area contributed by atoms with Crippen molar-refractivity contribution in [3.8, 4) is 11.3 Å². The molecule has 0 saturated carbocycles. The zero-order valence-electron chi connectivity index (χ0n) is 11.4. The lowest BCUT2D eigenvalue weighted by molar-refractivity contribution is 0.0953. The highest BCUT2D eigenvalue weighted by atomic mass is 35.5. The second kappa shape index (κ2) is 7.06. The highest BCUT2D eigenvalue weighted by Crippen LogP contribution is 2.25. The molecule has 4 heteroatoms. The standard InChI is InChI=1S/C16H17ClN2O/c1-2-3-10-19-16(20)13-8-6-12(7-9-13)15-14(17)5-4-11-18-15/h4-9,11H,2-3,10H2,1H3,(H,19,20). The third-order valence-corrected chi connectivity index (χ3v) is 3.30. The Labute approximate surface area is 124 Å². The van der Waals surface area contributed by atoms with Crippen molar-refractivity contribution in [2.45, 2.75) is 19.8 Å². The van der Waals surface area contributed by atoms with Gasteiger partial charge in [-0.15, -0.1) is 0 Å². The van der Waals surface area contributed by atoms with Gasteiger partial charge in [0.25, 0.3) is 5.91 Å². The molecular weight excluding hydrogens is 272 g/mol. The molecular formula is C16H17ClN2O. The minimum Gasteiger partial charge on any atom is -0.352 e. The molecule has 1 aromatic heterocycles. The fourth-order valence-corrected chi connectivity index (χ4v) is 2.09. The van der Waals surface area contributed by atoms with Crippen LogP contribution in [0.25, 0.3) is 11.3 Å². The summed E-state index contributed by atoms with van der Waals surface area (Å²) >= 11 is 6.10. The average molecular weight is 289 g/mol. The number of hydrogen-bond donors (Lipinski definition) is 1. The van der Waals surface area contributed by atoms with Gasteiger partial charge in [-0.05, 0) is 30.7 Å². The van der Waals surface area contributed by atoms with Crippen LogP contribution in [0.2, 0.25) is 5.02 Å². The smallest absolute Gasteiger partial charge is 0.251 e. The molecule has 0 aliphatic heterocycles. The van der Waals surface area contributed by atoms with Gasteiger partial charge in [0, 0.05) is 23.9 Å². The largest absolute Gasteiger partial charge is 0.352 e. The van der Waals surface area contributed by atoms with Crippen molar-refractivity contribution in [2.24, 2.45) is 0 Å². The van der Waals surface area contributed by atoms with E-state index in [2.05, 4.69) is 17.2 Å². The molecule has 0 saturated heterocycles. The van der Waals surface area contributed by atoms with Crippen molar-refractivity contribution < 1.29 is 4.79 Å². The Hall–Kier alpha value is -1.87. The van der Waals surface area contributed by atoms with Gasteiger partial charge < -0.3 is 5.32 Å². The van der Waals surface area contributed by atoms with Crippen LogP contribution < -0.4 is 5.32 Å². The van der Waals surface area contributed by atoms with Gasteiger partial charge in [-0.3, -0.25) is 9.78 Å². The van der Waals surface area contributed by atoms with Gasteiger partial charge in [0.2, 0.25) is 0 Å². The van der Waals surface area contributed by atoms with Crippen molar-refractivity contribution in [3.05, 3.63) is 53.2 Å². The summed E-state index contributed by atoms with van der Waals surface area (Å²) in [4.78, 5) is 16.1. The Morgan fingerprint density at radius 2 is 2.00 bits per heavy atom. The monoisotopic (exact) mass is 288 g/mol. The van der Waals surface area contributed by atoms with E-state index in [1.54, 1.807) is 30.5 Å². The molecule has 0 atom stereocenters. The molecule has 2 rings (SSSR count). The van der Waals surface area contributed by atoms with Gasteiger partial charge in [0.1, 0.15) is 0 Å². The Balaban J connectivity index is 2.10. The summed E-state index contributed by atoms with van der Waals surface area (Å²) in [6.07, 6.45) is 3.76. The Morgan fingerprint density at radius 3 is 2.65 bits per heavy atom. The van der Waals surface area contributed by atoms with E-state index >= 15 is 0 Å². The van der Waals surface area contributed by atoms with E-state index in [1.165, 1.54) is 0 Å². The molecule has 2 aromatic rings. The van der Waals surface area contributed by atoms with Crippen molar-refractivity contribution >= 4 is 17.5 Å². The maximum atomic E-state index is 11.9. The number of nitrogens with zero attached hydrogens (tertiary/aromatic N) is 1. The number of aromatic nitrogens is 1. The summed E-state index contributed by atoms with van der Waals surface area (Å²) < 4.78 is 0. The minimum absolute atomic E-state index is 0.0443. The Bertz CT molecular complexity index is 581. The zero-order chi connectivity index (χ0) is 14.4. The number of halogens is 1. The van der Waals surface area contributed by atoms with Crippen molar-refractivity contribution in [3.63, 3.8) is 0 Å². The van der Waals surface area contributed by atoms with E-state index in [1.807, 2.05) is 12.1 Å². The van der Waals surface area contributed by atoms with Crippen molar-refractivity contribution in [1.29, 1.82) is 0 Å². The number of amides is 1. The lowest BCUT2D eigenvalue weighted by atomic mass is 10.1. The maximum Gasteiger partial charge on any atom is 0.251 e. The van der Waals surface area contributed by atoms with Gasteiger partial charge in [0.15, 0.2) is 0 Å². The number of benzene rings is 1. The number of hydrogen-bond acceptors (Lipinski definition) is 2. The fraction of sp³-hybridized carbons (Fsp3) is 0.250. The first-order valence-corrected chi connectivity index (χ1v) is 7.09. The summed E-state index contributed by atoms with van der Waals surface area (Å²) in [6.45, 7) is 2.81. The topological polar surface area (TPSA) is 42.0 Å². The summed E-state index contributed by atoms with van der Waals surface area (Å²) in [5, 5.41) is 3.49. The number of rotatable bonds is 5. The van der Waals surface area contributed by atoms with Crippen LogP contribution in [0.4, 0.5) is 0 Å². The van der Waals surface area contributed by atoms with Crippen LogP contribution in [0.5, 0.6) is 0 Å². The van der Waals surface area contributed by atoms with Crippen molar-refractivity contribution in [2.75, 3.05) is 6.54 Å². The van der Waals surface area contributed by atoms with Crippen LogP contribution in [-0.4, -0.2) is 17.4 Å². The Morgan fingerprint density at radius 1 is 1.25 bits per heavy atom. The van der Waals surface area contributed by atoms with Crippen molar-refractivity contribution in [1.82, 2.24) is 10.3 Å². The Kier molecular flexibility index (Phi) is 5.13. The van der Waals surface area contributed by atoms with Crippen LogP contribution in [0.15, 0.2) is 42.6 Å². The van der Waals surface area contributed by atoms with Crippen LogP contribution in [0, 0.1) is 0 Å². The van der Waals surface area contributed by atoms with Gasteiger partial charge in [-0.2, -0.15) is 0 Å². The molecule has 0 aliphatic carbocycles. The van der Waals surface area contributed by atoms with E-state index in [4.69, 9.17) is 11.6 Å². The summed E-state index contributed by atoms with van der Waals surface area (Å²) in [5.74, 6) is -0.0443. The first-order valence-electron chi connectivity index (χ1n) is 6.71. The lowest BCUT2D eigenvalue weighted by Crippen LogP contribution is -2.24. The quantitative estimate of drug-likeness (QED) is 0.847. The predicted octanol–water partition coefficient (Wildman–Crippen LogP) is 3.93. The van der Waals surface area contributed by atoms with E-state index < -0.39 is 0 Å². The number of unbranched alkanes of at least 4 members (excludes halogenated alkanes) is 1. The third kappa shape index (κ3) is 3.58. The summed E-state index contributed by atoms with van der Waals surface area (Å²) in [6, 6.07) is 10.9. The van der Waals surface area contributed by atoms with E-state index in [9.17, 15) is 4.79 Å². The van der Waals surface area contributed by atoms with Crippen LogP contribution in [0.1, 0.15) is 30.1 Å². The number of pyridine rings is 1. The molecule has 0 spiro atoms. The van der Waals surface area contributed by atoms with Crippen LogP contribution in [-0.2, 0) is 0 Å². The number of nitrogens with one attached hydrogen (secondary N) is 1. The number of carbonyl (C=O) groups excluding carboxylic acids is 1. The molecule has 0 fully saturated rings. The molecule has 1 N–H and O–H groups in total. The summed E-state index contributed by atoms with van der Waals surface area (Å²) in [5.41, 5.74) is 2.28. The molecule has 0 bridgehead atoms. The first kappa shape index (κ1) is 14.5. The fourth-order valence-electron chi connectivity index (χ4n) is 1.86.